The van der Waals surface area contributed by atoms with Crippen LogP contribution in [-0.2, 0) is 4.79 Å². The van der Waals surface area contributed by atoms with Crippen molar-refractivity contribution >= 4 is 18.4 Å². The number of carboxylic acids is 1. The van der Waals surface area contributed by atoms with Crippen LogP contribution in [0.2, 0.25) is 0 Å². The lowest BCUT2D eigenvalue weighted by Gasteiger charge is -2.26. The van der Waals surface area contributed by atoms with Gasteiger partial charge < -0.3 is 5.11 Å². The highest BCUT2D eigenvalue weighted by atomic mass is 35.5. The van der Waals surface area contributed by atoms with Gasteiger partial charge in [-0.25, -0.2) is 4.39 Å². The molecule has 0 bridgehead atoms. The topological polar surface area (TPSA) is 40.5 Å². The molecule has 1 heterocycles. The van der Waals surface area contributed by atoms with Crippen LogP contribution in [-0.4, -0.2) is 41.8 Å². The van der Waals surface area contributed by atoms with Crippen molar-refractivity contribution in [3.8, 4) is 0 Å². The summed E-state index contributed by atoms with van der Waals surface area (Å²) in [6.07, 6.45) is 0.521. The van der Waals surface area contributed by atoms with E-state index in [0.717, 1.165) is 6.42 Å². The molecule has 1 aliphatic rings. The van der Waals surface area contributed by atoms with Crippen molar-refractivity contribution in [2.45, 2.75) is 19.0 Å². The summed E-state index contributed by atoms with van der Waals surface area (Å²) < 4.78 is 12.6. The second-order valence-electron chi connectivity index (χ2n) is 2.87. The van der Waals surface area contributed by atoms with E-state index in [4.69, 9.17) is 5.11 Å². The van der Waals surface area contributed by atoms with E-state index < -0.39 is 12.1 Å². The van der Waals surface area contributed by atoms with Gasteiger partial charge in [-0.2, -0.15) is 0 Å². The van der Waals surface area contributed by atoms with Crippen LogP contribution in [0.5, 0.6) is 0 Å². The molecule has 12 heavy (non-hydrogen) atoms. The summed E-state index contributed by atoms with van der Waals surface area (Å²) >= 11 is 0. The van der Waals surface area contributed by atoms with Gasteiger partial charge in [0.25, 0.3) is 0 Å². The molecule has 0 aromatic heterocycles. The van der Waals surface area contributed by atoms with Gasteiger partial charge in [-0.3, -0.25) is 9.69 Å². The van der Waals surface area contributed by atoms with E-state index in [9.17, 15) is 9.18 Å². The number of rotatable bonds is 2. The highest BCUT2D eigenvalue weighted by Crippen LogP contribution is 2.11. The third-order valence-electron chi connectivity index (χ3n) is 1.81. The third kappa shape index (κ3) is 3.88. The lowest BCUT2D eigenvalue weighted by Crippen LogP contribution is -2.39. The molecule has 0 amide bonds. The van der Waals surface area contributed by atoms with Gasteiger partial charge in [0.1, 0.15) is 6.17 Å². The first kappa shape index (κ1) is 11.6. The lowest BCUT2D eigenvalue weighted by atomic mass is 10.1. The van der Waals surface area contributed by atoms with E-state index in [0.29, 0.717) is 13.0 Å². The molecule has 3 nitrogen and oxygen atoms in total. The molecule has 1 atom stereocenters. The molecular formula is C7H13ClFNO2. The van der Waals surface area contributed by atoms with Gasteiger partial charge in [-0.15, -0.1) is 12.4 Å². The predicted octanol–water partition coefficient (Wildman–Crippen LogP) is 0.927. The van der Waals surface area contributed by atoms with Crippen molar-refractivity contribution in [3.05, 3.63) is 0 Å². The molecule has 0 saturated carbocycles. The van der Waals surface area contributed by atoms with Crippen molar-refractivity contribution in [2.75, 3.05) is 19.6 Å². The summed E-state index contributed by atoms with van der Waals surface area (Å²) in [6, 6.07) is 0. The molecule has 1 N–H and O–H groups in total. The van der Waals surface area contributed by atoms with Crippen molar-refractivity contribution in [2.24, 2.45) is 0 Å². The summed E-state index contributed by atoms with van der Waals surface area (Å²) in [5.41, 5.74) is 0. The number of hydrogen-bond acceptors (Lipinski definition) is 2. The Bertz CT molecular complexity index is 156. The first-order valence-corrected chi connectivity index (χ1v) is 3.76. The molecular weight excluding hydrogens is 185 g/mol. The maximum absolute atomic E-state index is 12.6. The van der Waals surface area contributed by atoms with Gasteiger partial charge in [0.15, 0.2) is 0 Å². The average molecular weight is 198 g/mol. The van der Waals surface area contributed by atoms with Crippen LogP contribution in [0.4, 0.5) is 4.39 Å². The van der Waals surface area contributed by atoms with Crippen LogP contribution in [0.3, 0.4) is 0 Å². The van der Waals surface area contributed by atoms with Crippen LogP contribution < -0.4 is 0 Å². The molecule has 0 radical (unpaired) electrons. The first-order valence-electron chi connectivity index (χ1n) is 3.76. The highest BCUT2D eigenvalue weighted by molar-refractivity contribution is 5.85. The van der Waals surface area contributed by atoms with Crippen molar-refractivity contribution < 1.29 is 14.3 Å². The molecule has 1 rings (SSSR count). The van der Waals surface area contributed by atoms with E-state index in [1.807, 2.05) is 0 Å². The highest BCUT2D eigenvalue weighted by Gasteiger charge is 2.20. The quantitative estimate of drug-likeness (QED) is 0.716. The maximum Gasteiger partial charge on any atom is 0.317 e. The van der Waals surface area contributed by atoms with Crippen LogP contribution in [0.25, 0.3) is 0 Å². The standard InChI is InChI=1S/C7H12FNO2.ClH/c8-6-2-1-3-9(4-6)5-7(10)11;/h6H,1-5H2,(H,10,11);1H. The fourth-order valence-corrected chi connectivity index (χ4v) is 1.33. The molecule has 1 unspecified atom stereocenters. The molecule has 72 valence electrons. The molecule has 1 saturated heterocycles. The number of likely N-dealkylation sites (tertiary alicyclic amines) is 1. The zero-order chi connectivity index (χ0) is 8.27. The molecule has 1 aliphatic heterocycles. The van der Waals surface area contributed by atoms with Gasteiger partial charge in [0, 0.05) is 6.54 Å². The third-order valence-corrected chi connectivity index (χ3v) is 1.81. The van der Waals surface area contributed by atoms with Gasteiger partial charge in [0.2, 0.25) is 0 Å². The number of nitrogens with zero attached hydrogens (tertiary/aromatic N) is 1. The average Bonchev–Trinajstić information content (AvgIpc) is 1.85. The minimum Gasteiger partial charge on any atom is -0.480 e. The Kier molecular flexibility index (Phi) is 5.17. The van der Waals surface area contributed by atoms with E-state index in [1.54, 1.807) is 4.90 Å². The van der Waals surface area contributed by atoms with Crippen LogP contribution in [0, 0.1) is 0 Å². The first-order chi connectivity index (χ1) is 5.18. The minimum atomic E-state index is -0.876. The van der Waals surface area contributed by atoms with E-state index in [-0.39, 0.29) is 25.5 Å². The fraction of sp³-hybridized carbons (Fsp3) is 0.857. The van der Waals surface area contributed by atoms with Gasteiger partial charge in [-0.1, -0.05) is 0 Å². The van der Waals surface area contributed by atoms with E-state index in [1.165, 1.54) is 0 Å². The Balaban J connectivity index is 0.00000121. The van der Waals surface area contributed by atoms with E-state index in [2.05, 4.69) is 0 Å². The van der Waals surface area contributed by atoms with Gasteiger partial charge in [0.05, 0.1) is 6.54 Å². The van der Waals surface area contributed by atoms with Crippen LogP contribution >= 0.6 is 12.4 Å². The Labute approximate surface area is 77.0 Å². The van der Waals surface area contributed by atoms with Gasteiger partial charge in [-0.05, 0) is 19.4 Å². The van der Waals surface area contributed by atoms with Crippen molar-refractivity contribution in [1.29, 1.82) is 0 Å². The van der Waals surface area contributed by atoms with Crippen molar-refractivity contribution in [3.63, 3.8) is 0 Å². The lowest BCUT2D eigenvalue weighted by molar-refractivity contribution is -0.138. The predicted molar refractivity (Wildman–Crippen MR) is 45.5 cm³/mol. The normalized spacial score (nSPS) is 24.6. The Morgan fingerprint density at radius 2 is 2.33 bits per heavy atom. The summed E-state index contributed by atoms with van der Waals surface area (Å²) in [7, 11) is 0. The number of aliphatic carboxylic acids is 1. The maximum atomic E-state index is 12.6. The SMILES string of the molecule is Cl.O=C(O)CN1CCCC(F)C1. The zero-order valence-corrected chi connectivity index (χ0v) is 7.52. The summed E-state index contributed by atoms with van der Waals surface area (Å²) in [5, 5.41) is 8.39. The second kappa shape index (κ2) is 5.32. The molecule has 0 aromatic carbocycles. The Hall–Kier alpha value is -0.350. The minimum absolute atomic E-state index is 0. The van der Waals surface area contributed by atoms with E-state index >= 15 is 0 Å². The molecule has 5 heteroatoms. The number of carbonyl (C=O) groups is 1. The number of piperidine rings is 1. The largest absolute Gasteiger partial charge is 0.480 e. The summed E-state index contributed by atoms with van der Waals surface area (Å²) in [4.78, 5) is 11.8. The summed E-state index contributed by atoms with van der Waals surface area (Å²) in [5.74, 6) is -0.876. The van der Waals surface area contributed by atoms with Crippen molar-refractivity contribution in [1.82, 2.24) is 4.90 Å². The zero-order valence-electron chi connectivity index (χ0n) is 6.70. The summed E-state index contributed by atoms with van der Waals surface area (Å²) in [6.45, 7) is 0.972. The molecule has 0 aromatic rings. The number of halogens is 2. The smallest absolute Gasteiger partial charge is 0.317 e. The number of carboxylic acid groups (broad SMARTS) is 1. The Morgan fingerprint density at radius 1 is 1.67 bits per heavy atom. The molecule has 0 spiro atoms. The second-order valence-corrected chi connectivity index (χ2v) is 2.87. The fourth-order valence-electron chi connectivity index (χ4n) is 1.33. The monoisotopic (exact) mass is 197 g/mol. The van der Waals surface area contributed by atoms with Crippen LogP contribution in [0.15, 0.2) is 0 Å². The molecule has 0 aliphatic carbocycles. The number of alkyl halides is 1. The Morgan fingerprint density at radius 3 is 2.83 bits per heavy atom. The van der Waals surface area contributed by atoms with Crippen LogP contribution in [0.1, 0.15) is 12.8 Å². The molecule has 1 fully saturated rings. The van der Waals surface area contributed by atoms with Gasteiger partial charge >= 0.3 is 5.97 Å². The number of hydrogen-bond donors (Lipinski definition) is 1.